The summed E-state index contributed by atoms with van der Waals surface area (Å²) in [5, 5.41) is 8.55. The van der Waals surface area contributed by atoms with Crippen LogP contribution in [0.2, 0.25) is 0 Å². The number of hydrazone groups is 1. The molecule has 0 aliphatic heterocycles. The lowest BCUT2D eigenvalue weighted by Gasteiger charge is -1.97. The van der Waals surface area contributed by atoms with E-state index in [1.807, 2.05) is 22.9 Å². The Morgan fingerprint density at radius 2 is 2.47 bits per heavy atom. The van der Waals surface area contributed by atoms with Crippen molar-refractivity contribution < 1.29 is 9.53 Å². The van der Waals surface area contributed by atoms with Crippen LogP contribution in [-0.4, -0.2) is 23.8 Å². The monoisotopic (exact) mass is 295 g/mol. The molecule has 19 heavy (non-hydrogen) atoms. The molecule has 0 bridgehead atoms. The third-order valence-corrected chi connectivity index (χ3v) is 3.68. The van der Waals surface area contributed by atoms with Gasteiger partial charge >= 0.3 is 5.97 Å². The van der Waals surface area contributed by atoms with E-state index in [0.717, 1.165) is 4.88 Å². The van der Waals surface area contributed by atoms with Gasteiger partial charge in [0.05, 0.1) is 24.9 Å². The van der Waals surface area contributed by atoms with Crippen LogP contribution < -0.4 is 5.43 Å². The molecule has 100 valence electrons. The number of ether oxygens (including phenoxy) is 1. The molecule has 0 spiro atoms. The van der Waals surface area contributed by atoms with Crippen molar-refractivity contribution in [2.75, 3.05) is 12.0 Å². The van der Waals surface area contributed by atoms with E-state index in [2.05, 4.69) is 15.5 Å². The van der Waals surface area contributed by atoms with Crippen LogP contribution in [0, 0.1) is 0 Å². The topological polar surface area (TPSA) is 63.6 Å². The van der Waals surface area contributed by atoms with Crippen molar-refractivity contribution in [3.05, 3.63) is 33.5 Å². The Bertz CT molecular complexity index is 549. The van der Waals surface area contributed by atoms with E-state index in [9.17, 15) is 4.79 Å². The summed E-state index contributed by atoms with van der Waals surface area (Å²) in [6, 6.07) is 3.94. The van der Waals surface area contributed by atoms with Crippen molar-refractivity contribution in [3.63, 3.8) is 0 Å². The molecule has 0 saturated heterocycles. The van der Waals surface area contributed by atoms with Crippen LogP contribution in [-0.2, 0) is 16.0 Å². The van der Waals surface area contributed by atoms with Gasteiger partial charge in [-0.15, -0.1) is 22.7 Å². The normalized spacial score (nSPS) is 10.8. The highest BCUT2D eigenvalue weighted by molar-refractivity contribution is 7.13. The molecule has 1 N–H and O–H groups in total. The van der Waals surface area contributed by atoms with Gasteiger partial charge in [-0.2, -0.15) is 5.10 Å². The fourth-order valence-corrected chi connectivity index (χ4v) is 2.56. The number of nitrogens with one attached hydrogen (secondary N) is 1. The molecular weight excluding hydrogens is 282 g/mol. The summed E-state index contributed by atoms with van der Waals surface area (Å²) in [5.74, 6) is -0.263. The molecule has 0 aliphatic rings. The summed E-state index contributed by atoms with van der Waals surface area (Å²) < 4.78 is 4.86. The minimum atomic E-state index is -0.263. The van der Waals surface area contributed by atoms with Gasteiger partial charge in [0.2, 0.25) is 5.13 Å². The molecule has 0 unspecified atom stereocenters. The fraction of sp³-hybridized carbons (Fsp3) is 0.250. The number of rotatable bonds is 6. The van der Waals surface area contributed by atoms with Gasteiger partial charge in [0.15, 0.2) is 0 Å². The number of anilines is 1. The van der Waals surface area contributed by atoms with Crippen LogP contribution in [0.25, 0.3) is 0 Å². The SMILES string of the molecule is CCOC(=O)Cc1csc(N/N=C\c2cccs2)n1. The van der Waals surface area contributed by atoms with Crippen molar-refractivity contribution in [1.82, 2.24) is 4.98 Å². The second-order valence-corrected chi connectivity index (χ2v) is 5.35. The number of carbonyl (C=O) groups is 1. The molecular formula is C12H13N3O2S2. The number of thiazole rings is 1. The zero-order valence-corrected chi connectivity index (χ0v) is 12.0. The Morgan fingerprint density at radius 3 is 3.21 bits per heavy atom. The highest BCUT2D eigenvalue weighted by atomic mass is 32.1. The molecule has 0 amide bonds. The summed E-state index contributed by atoms with van der Waals surface area (Å²) in [7, 11) is 0. The van der Waals surface area contributed by atoms with Crippen molar-refractivity contribution in [2.24, 2.45) is 5.10 Å². The minimum absolute atomic E-state index is 0.195. The molecule has 2 aromatic rings. The summed E-state index contributed by atoms with van der Waals surface area (Å²) >= 11 is 3.02. The number of esters is 1. The standard InChI is InChI=1S/C12H13N3O2S2/c1-2-17-11(16)6-9-8-19-12(14-9)15-13-7-10-4-3-5-18-10/h3-5,7-8H,2,6H2,1H3,(H,14,15)/b13-7-. The fourth-order valence-electron chi connectivity index (χ4n) is 1.32. The van der Waals surface area contributed by atoms with Crippen molar-refractivity contribution in [3.8, 4) is 0 Å². The quantitative estimate of drug-likeness (QED) is 0.505. The number of hydrogen-bond donors (Lipinski definition) is 1. The number of carbonyl (C=O) groups excluding carboxylic acids is 1. The number of aromatic nitrogens is 1. The van der Waals surface area contributed by atoms with Crippen LogP contribution in [0.5, 0.6) is 0 Å². The first-order valence-corrected chi connectivity index (χ1v) is 7.46. The van der Waals surface area contributed by atoms with Crippen LogP contribution in [0.4, 0.5) is 5.13 Å². The van der Waals surface area contributed by atoms with Gasteiger partial charge in [0.25, 0.3) is 0 Å². The minimum Gasteiger partial charge on any atom is -0.466 e. The third kappa shape index (κ3) is 4.46. The van der Waals surface area contributed by atoms with Crippen LogP contribution in [0.1, 0.15) is 17.5 Å². The maximum Gasteiger partial charge on any atom is 0.311 e. The zero-order valence-electron chi connectivity index (χ0n) is 10.3. The van der Waals surface area contributed by atoms with Crippen LogP contribution in [0.15, 0.2) is 28.0 Å². The summed E-state index contributed by atoms with van der Waals surface area (Å²) in [6.07, 6.45) is 1.93. The van der Waals surface area contributed by atoms with E-state index in [4.69, 9.17) is 4.74 Å². The van der Waals surface area contributed by atoms with E-state index in [-0.39, 0.29) is 12.4 Å². The molecule has 0 radical (unpaired) electrons. The summed E-state index contributed by atoms with van der Waals surface area (Å²) in [5.41, 5.74) is 3.53. The molecule has 0 atom stereocenters. The molecule has 2 aromatic heterocycles. The average Bonchev–Trinajstić information content (AvgIpc) is 3.01. The first-order chi connectivity index (χ1) is 9.28. The Labute approximate surface area is 119 Å². The lowest BCUT2D eigenvalue weighted by atomic mass is 10.3. The predicted molar refractivity (Wildman–Crippen MR) is 78.0 cm³/mol. The third-order valence-electron chi connectivity index (χ3n) is 2.08. The van der Waals surface area contributed by atoms with Gasteiger partial charge in [-0.3, -0.25) is 10.2 Å². The van der Waals surface area contributed by atoms with Gasteiger partial charge in [-0.05, 0) is 18.4 Å². The van der Waals surface area contributed by atoms with Gasteiger partial charge in [0.1, 0.15) is 0 Å². The molecule has 0 saturated carbocycles. The van der Waals surface area contributed by atoms with Gasteiger partial charge in [0, 0.05) is 10.3 Å². The summed E-state index contributed by atoms with van der Waals surface area (Å²) in [4.78, 5) is 16.6. The van der Waals surface area contributed by atoms with E-state index in [1.54, 1.807) is 24.5 Å². The predicted octanol–water partition coefficient (Wildman–Crippen LogP) is 2.76. The molecule has 0 fully saturated rings. The number of hydrogen-bond acceptors (Lipinski definition) is 7. The molecule has 0 aromatic carbocycles. The number of nitrogens with zero attached hydrogens (tertiary/aromatic N) is 2. The number of thiophene rings is 1. The van der Waals surface area contributed by atoms with Crippen molar-refractivity contribution >= 4 is 40.0 Å². The molecule has 5 nitrogen and oxygen atoms in total. The van der Waals surface area contributed by atoms with Gasteiger partial charge in [-0.25, -0.2) is 4.98 Å². The van der Waals surface area contributed by atoms with E-state index in [1.165, 1.54) is 11.3 Å². The van der Waals surface area contributed by atoms with E-state index in [0.29, 0.717) is 17.4 Å². The summed E-state index contributed by atoms with van der Waals surface area (Å²) in [6.45, 7) is 2.17. The maximum atomic E-state index is 11.3. The lowest BCUT2D eigenvalue weighted by molar-refractivity contribution is -0.142. The second kappa shape index (κ2) is 7.01. The average molecular weight is 295 g/mol. The van der Waals surface area contributed by atoms with E-state index < -0.39 is 0 Å². The van der Waals surface area contributed by atoms with E-state index >= 15 is 0 Å². The van der Waals surface area contributed by atoms with Crippen LogP contribution in [0.3, 0.4) is 0 Å². The lowest BCUT2D eigenvalue weighted by Crippen LogP contribution is -2.07. The van der Waals surface area contributed by atoms with Crippen molar-refractivity contribution in [2.45, 2.75) is 13.3 Å². The molecule has 0 aliphatic carbocycles. The Hall–Kier alpha value is -1.73. The van der Waals surface area contributed by atoms with Gasteiger partial charge in [-0.1, -0.05) is 6.07 Å². The zero-order chi connectivity index (χ0) is 13.5. The Kier molecular flexibility index (Phi) is 5.05. The molecule has 2 heterocycles. The molecule has 7 heteroatoms. The highest BCUT2D eigenvalue weighted by Gasteiger charge is 2.07. The van der Waals surface area contributed by atoms with Crippen molar-refractivity contribution in [1.29, 1.82) is 0 Å². The molecule has 2 rings (SSSR count). The van der Waals surface area contributed by atoms with Crippen LogP contribution >= 0.6 is 22.7 Å². The smallest absolute Gasteiger partial charge is 0.311 e. The van der Waals surface area contributed by atoms with Gasteiger partial charge < -0.3 is 4.74 Å². The second-order valence-electron chi connectivity index (χ2n) is 3.51. The Morgan fingerprint density at radius 1 is 1.58 bits per heavy atom. The first-order valence-electron chi connectivity index (χ1n) is 5.70. The highest BCUT2D eigenvalue weighted by Crippen LogP contribution is 2.16. The largest absolute Gasteiger partial charge is 0.466 e. The maximum absolute atomic E-state index is 11.3. The Balaban J connectivity index is 1.85. The first kappa shape index (κ1) is 13.7.